The van der Waals surface area contributed by atoms with Gasteiger partial charge in [-0.05, 0) is 25.0 Å². The number of hydrogen-bond donors (Lipinski definition) is 1. The van der Waals surface area contributed by atoms with Crippen molar-refractivity contribution in [2.75, 3.05) is 5.32 Å². The summed E-state index contributed by atoms with van der Waals surface area (Å²) in [4.78, 5) is 0. The van der Waals surface area contributed by atoms with Gasteiger partial charge in [0.2, 0.25) is 0 Å². The third-order valence-corrected chi connectivity index (χ3v) is 7.42. The van der Waals surface area contributed by atoms with Crippen molar-refractivity contribution in [1.29, 1.82) is 0 Å². The Labute approximate surface area is 176 Å². The highest BCUT2D eigenvalue weighted by molar-refractivity contribution is 5.63. The summed E-state index contributed by atoms with van der Waals surface area (Å²) in [6.07, 6.45) is 21.3. The molecule has 1 aliphatic heterocycles. The van der Waals surface area contributed by atoms with Crippen molar-refractivity contribution in [3.63, 3.8) is 0 Å². The van der Waals surface area contributed by atoms with Crippen LogP contribution < -0.4 is 5.32 Å². The minimum atomic E-state index is 0.188. The van der Waals surface area contributed by atoms with Crippen LogP contribution in [-0.2, 0) is 5.41 Å². The molecule has 0 saturated carbocycles. The zero-order valence-electron chi connectivity index (χ0n) is 19.4. The molecule has 1 atom stereocenters. The summed E-state index contributed by atoms with van der Waals surface area (Å²) in [5.74, 6) is 0. The number of anilines is 1. The van der Waals surface area contributed by atoms with E-state index >= 15 is 0 Å². The third-order valence-electron chi connectivity index (χ3n) is 7.42. The van der Waals surface area contributed by atoms with Crippen molar-refractivity contribution in [2.24, 2.45) is 0 Å². The van der Waals surface area contributed by atoms with Gasteiger partial charge in [0.05, 0.1) is 0 Å². The van der Waals surface area contributed by atoms with Crippen molar-refractivity contribution in [1.82, 2.24) is 0 Å². The Morgan fingerprint density at radius 1 is 0.643 bits per heavy atom. The van der Waals surface area contributed by atoms with Gasteiger partial charge in [-0.15, -0.1) is 0 Å². The van der Waals surface area contributed by atoms with Gasteiger partial charge in [-0.1, -0.05) is 129 Å². The average molecular weight is 386 g/mol. The van der Waals surface area contributed by atoms with Crippen LogP contribution in [0.25, 0.3) is 0 Å². The van der Waals surface area contributed by atoms with Gasteiger partial charge >= 0.3 is 0 Å². The van der Waals surface area contributed by atoms with Gasteiger partial charge in [0, 0.05) is 16.6 Å². The van der Waals surface area contributed by atoms with Crippen molar-refractivity contribution < 1.29 is 0 Å². The highest BCUT2D eigenvalue weighted by atomic mass is 15.0. The summed E-state index contributed by atoms with van der Waals surface area (Å²) in [6.45, 7) is 9.55. The summed E-state index contributed by atoms with van der Waals surface area (Å²) in [5, 5.41) is 3.85. The average Bonchev–Trinajstić information content (AvgIpc) is 2.88. The van der Waals surface area contributed by atoms with Crippen molar-refractivity contribution in [3.05, 3.63) is 29.8 Å². The highest BCUT2D eigenvalue weighted by Gasteiger charge is 2.47. The van der Waals surface area contributed by atoms with Crippen LogP contribution in [0.15, 0.2) is 24.3 Å². The number of para-hydroxylation sites is 1. The number of rotatable bonds is 15. The molecule has 0 bridgehead atoms. The van der Waals surface area contributed by atoms with E-state index in [0.29, 0.717) is 0 Å². The molecule has 160 valence electrons. The summed E-state index contributed by atoms with van der Waals surface area (Å²) in [6, 6.07) is 8.88. The Hall–Kier alpha value is -0.980. The molecule has 0 spiro atoms. The van der Waals surface area contributed by atoms with E-state index < -0.39 is 0 Å². The van der Waals surface area contributed by atoms with Crippen LogP contribution in [-0.4, -0.2) is 5.54 Å². The van der Waals surface area contributed by atoms with E-state index in [-0.39, 0.29) is 11.0 Å². The van der Waals surface area contributed by atoms with E-state index in [9.17, 15) is 0 Å². The fourth-order valence-corrected chi connectivity index (χ4v) is 4.94. The summed E-state index contributed by atoms with van der Waals surface area (Å²) in [7, 11) is 0. The lowest BCUT2D eigenvalue weighted by Crippen LogP contribution is -2.46. The number of fused-ring (bicyclic) bond motifs is 1. The summed E-state index contributed by atoms with van der Waals surface area (Å²) >= 11 is 0. The topological polar surface area (TPSA) is 12.0 Å². The van der Waals surface area contributed by atoms with E-state index in [1.807, 2.05) is 0 Å². The minimum Gasteiger partial charge on any atom is -0.379 e. The lowest BCUT2D eigenvalue weighted by atomic mass is 9.69. The molecular weight excluding hydrogens is 338 g/mol. The molecule has 0 fully saturated rings. The molecule has 0 aromatic heterocycles. The van der Waals surface area contributed by atoms with E-state index in [2.05, 4.69) is 57.3 Å². The fraction of sp³-hybridized carbons (Fsp3) is 0.778. The number of unbranched alkanes of at least 4 members (excludes halogenated alkanes) is 13. The normalized spacial score (nSPS) is 20.1. The van der Waals surface area contributed by atoms with Crippen LogP contribution in [0.2, 0.25) is 0 Å². The molecule has 1 unspecified atom stereocenters. The van der Waals surface area contributed by atoms with Gasteiger partial charge < -0.3 is 5.32 Å². The van der Waals surface area contributed by atoms with Gasteiger partial charge in [-0.25, -0.2) is 0 Å². The monoisotopic (exact) mass is 385 g/mol. The number of nitrogens with one attached hydrogen (secondary N) is 1. The maximum atomic E-state index is 3.85. The molecule has 1 aliphatic rings. The predicted octanol–water partition coefficient (Wildman–Crippen LogP) is 9.02. The Morgan fingerprint density at radius 2 is 1.11 bits per heavy atom. The number of benzene rings is 1. The first-order chi connectivity index (χ1) is 13.5. The van der Waals surface area contributed by atoms with Crippen molar-refractivity contribution in [3.8, 4) is 0 Å². The maximum absolute atomic E-state index is 3.85. The second-order valence-electron chi connectivity index (χ2n) is 9.97. The lowest BCUT2D eigenvalue weighted by molar-refractivity contribution is 0.300. The van der Waals surface area contributed by atoms with E-state index in [0.717, 1.165) is 0 Å². The van der Waals surface area contributed by atoms with Gasteiger partial charge in [-0.2, -0.15) is 0 Å². The second-order valence-corrected chi connectivity index (χ2v) is 9.97. The molecular formula is C27H47N. The van der Waals surface area contributed by atoms with E-state index in [1.54, 1.807) is 0 Å². The molecule has 1 nitrogen and oxygen atoms in total. The smallest absolute Gasteiger partial charge is 0.0437 e. The fourth-order valence-electron chi connectivity index (χ4n) is 4.94. The molecule has 1 heterocycles. The van der Waals surface area contributed by atoms with Gasteiger partial charge in [0.1, 0.15) is 0 Å². The van der Waals surface area contributed by atoms with E-state index in [4.69, 9.17) is 0 Å². The van der Waals surface area contributed by atoms with Crippen LogP contribution in [0, 0.1) is 0 Å². The minimum absolute atomic E-state index is 0.188. The summed E-state index contributed by atoms with van der Waals surface area (Å²) < 4.78 is 0. The molecule has 1 aromatic rings. The second kappa shape index (κ2) is 11.9. The molecule has 0 amide bonds. The Balaban J connectivity index is 1.48. The van der Waals surface area contributed by atoms with E-state index in [1.165, 1.54) is 108 Å². The molecule has 1 heteroatoms. The molecule has 28 heavy (non-hydrogen) atoms. The van der Waals surface area contributed by atoms with Gasteiger partial charge in [0.15, 0.2) is 0 Å². The van der Waals surface area contributed by atoms with Crippen molar-refractivity contribution >= 4 is 5.69 Å². The van der Waals surface area contributed by atoms with Crippen LogP contribution >= 0.6 is 0 Å². The van der Waals surface area contributed by atoms with Crippen LogP contribution in [0.5, 0.6) is 0 Å². The zero-order chi connectivity index (χ0) is 20.3. The lowest BCUT2D eigenvalue weighted by Gasteiger charge is -2.39. The first-order valence-electron chi connectivity index (χ1n) is 12.4. The quantitative estimate of drug-likeness (QED) is 0.297. The standard InChI is InChI=1S/C27H47N/c1-5-6-7-8-9-10-11-12-13-14-15-16-17-20-23-27(4)26(2,3)24-21-18-19-22-25(24)28-27/h18-19,21-22,28H,5-17,20,23H2,1-4H3. The maximum Gasteiger partial charge on any atom is 0.0437 e. The number of hydrogen-bond acceptors (Lipinski definition) is 1. The Morgan fingerprint density at radius 3 is 1.61 bits per heavy atom. The zero-order valence-corrected chi connectivity index (χ0v) is 19.4. The van der Waals surface area contributed by atoms with Crippen LogP contribution in [0.1, 0.15) is 130 Å². The SMILES string of the molecule is CCCCCCCCCCCCCCCCC1(C)Nc2ccccc2C1(C)C. The Bertz CT molecular complexity index is 547. The van der Waals surface area contributed by atoms with Gasteiger partial charge in [-0.3, -0.25) is 0 Å². The van der Waals surface area contributed by atoms with Crippen LogP contribution in [0.4, 0.5) is 5.69 Å². The third kappa shape index (κ3) is 6.53. The van der Waals surface area contributed by atoms with Crippen LogP contribution in [0.3, 0.4) is 0 Å². The predicted molar refractivity (Wildman–Crippen MR) is 126 cm³/mol. The first-order valence-corrected chi connectivity index (χ1v) is 12.4. The first kappa shape index (κ1) is 23.3. The highest BCUT2D eigenvalue weighted by Crippen LogP contribution is 2.49. The van der Waals surface area contributed by atoms with Gasteiger partial charge in [0.25, 0.3) is 0 Å². The molecule has 1 N–H and O–H groups in total. The molecule has 1 aromatic carbocycles. The Kier molecular flexibility index (Phi) is 9.89. The molecule has 0 saturated heterocycles. The van der Waals surface area contributed by atoms with Crippen molar-refractivity contribution in [2.45, 2.75) is 135 Å². The largest absolute Gasteiger partial charge is 0.379 e. The molecule has 0 radical (unpaired) electrons. The summed E-state index contributed by atoms with van der Waals surface area (Å²) in [5.41, 5.74) is 3.23. The molecule has 0 aliphatic carbocycles. The molecule has 2 rings (SSSR count).